The van der Waals surface area contributed by atoms with Gasteiger partial charge in [-0.25, -0.2) is 5.43 Å². The van der Waals surface area contributed by atoms with Gasteiger partial charge in [0, 0.05) is 5.52 Å². The minimum Gasteiger partial charge on any atom is -0.493 e. The molecule has 0 radical (unpaired) electrons. The molecular formula is C19H17N3O4. The number of nitrogens with one attached hydrogen (secondary N) is 2. The van der Waals surface area contributed by atoms with E-state index < -0.39 is 5.91 Å². The van der Waals surface area contributed by atoms with E-state index in [1.54, 1.807) is 30.3 Å². The summed E-state index contributed by atoms with van der Waals surface area (Å²) in [6.45, 7) is -0.230. The summed E-state index contributed by atoms with van der Waals surface area (Å²) in [7, 11) is 1.52. The lowest BCUT2D eigenvalue weighted by atomic mass is 10.2. The van der Waals surface area contributed by atoms with Crippen molar-refractivity contribution in [3.63, 3.8) is 0 Å². The standard InChI is InChI=1S/C19H17N3O4/c1-25-16-8-4-5-9-17(16)26-12-18(23)22-20-11-14-10-13-6-2-3-7-15(13)21-19(14)24/h2-11H,12H2,1H3,(H,21,24)(H,22,23)/b20-11+. The molecule has 1 heterocycles. The summed E-state index contributed by atoms with van der Waals surface area (Å²) in [5.74, 6) is 0.538. The van der Waals surface area contributed by atoms with Crippen molar-refractivity contribution in [3.8, 4) is 11.5 Å². The minimum atomic E-state index is -0.454. The van der Waals surface area contributed by atoms with Crippen molar-refractivity contribution in [3.05, 3.63) is 70.5 Å². The minimum absolute atomic E-state index is 0.230. The third-order valence-corrected chi connectivity index (χ3v) is 3.60. The second-order valence-electron chi connectivity index (χ2n) is 5.37. The highest BCUT2D eigenvalue weighted by atomic mass is 16.5. The maximum Gasteiger partial charge on any atom is 0.277 e. The molecule has 0 aliphatic heterocycles. The number of hydrogen-bond donors (Lipinski definition) is 2. The SMILES string of the molecule is COc1ccccc1OCC(=O)N/N=C/c1cc2ccccc2[nH]c1=O. The van der Waals surface area contributed by atoms with Gasteiger partial charge in [-0.2, -0.15) is 5.10 Å². The Labute approximate surface area is 149 Å². The van der Waals surface area contributed by atoms with Gasteiger partial charge < -0.3 is 14.5 Å². The van der Waals surface area contributed by atoms with Crippen LogP contribution in [-0.2, 0) is 4.79 Å². The number of nitrogens with zero attached hydrogens (tertiary/aromatic N) is 1. The Bertz CT molecular complexity index is 1010. The Kier molecular flexibility index (Phi) is 5.28. The van der Waals surface area contributed by atoms with Crippen LogP contribution in [-0.4, -0.2) is 30.8 Å². The number of ether oxygens (including phenoxy) is 2. The lowest BCUT2D eigenvalue weighted by molar-refractivity contribution is -0.123. The van der Waals surface area contributed by atoms with Crippen LogP contribution in [0.2, 0.25) is 0 Å². The van der Waals surface area contributed by atoms with E-state index in [0.29, 0.717) is 17.1 Å². The molecule has 0 fully saturated rings. The van der Waals surface area contributed by atoms with E-state index in [-0.39, 0.29) is 12.2 Å². The number of aromatic amines is 1. The van der Waals surface area contributed by atoms with Crippen LogP contribution in [0.4, 0.5) is 0 Å². The van der Waals surface area contributed by atoms with E-state index in [0.717, 1.165) is 10.9 Å². The van der Waals surface area contributed by atoms with Crippen LogP contribution in [0.15, 0.2) is 64.5 Å². The molecule has 0 saturated carbocycles. The van der Waals surface area contributed by atoms with E-state index in [9.17, 15) is 9.59 Å². The molecule has 7 nitrogen and oxygen atoms in total. The molecule has 7 heteroatoms. The molecule has 0 spiro atoms. The first-order chi connectivity index (χ1) is 12.7. The summed E-state index contributed by atoms with van der Waals surface area (Å²) in [4.78, 5) is 26.6. The number of hydrazone groups is 1. The van der Waals surface area contributed by atoms with Crippen molar-refractivity contribution in [2.24, 2.45) is 5.10 Å². The highest BCUT2D eigenvalue weighted by Gasteiger charge is 2.06. The van der Waals surface area contributed by atoms with Gasteiger partial charge in [0.05, 0.1) is 18.9 Å². The van der Waals surface area contributed by atoms with Crippen molar-refractivity contribution in [1.29, 1.82) is 0 Å². The van der Waals surface area contributed by atoms with Crippen LogP contribution in [0, 0.1) is 0 Å². The number of amides is 1. The topological polar surface area (TPSA) is 92.8 Å². The van der Waals surface area contributed by atoms with Gasteiger partial charge in [0.25, 0.3) is 11.5 Å². The molecule has 0 saturated heterocycles. The summed E-state index contributed by atoms with van der Waals surface area (Å²) in [6, 6.07) is 16.1. The molecule has 3 aromatic rings. The van der Waals surface area contributed by atoms with Gasteiger partial charge in [-0.1, -0.05) is 30.3 Å². The molecule has 132 valence electrons. The van der Waals surface area contributed by atoms with Crippen LogP contribution in [0.5, 0.6) is 11.5 Å². The predicted octanol–water partition coefficient (Wildman–Crippen LogP) is 2.07. The molecule has 0 unspecified atom stereocenters. The molecular weight excluding hydrogens is 334 g/mol. The number of carbonyl (C=O) groups is 1. The Balaban J connectivity index is 1.61. The summed E-state index contributed by atoms with van der Waals surface area (Å²) in [5, 5.41) is 4.68. The van der Waals surface area contributed by atoms with Gasteiger partial charge in [-0.15, -0.1) is 0 Å². The first-order valence-corrected chi connectivity index (χ1v) is 7.87. The zero-order valence-electron chi connectivity index (χ0n) is 14.1. The monoisotopic (exact) mass is 351 g/mol. The number of rotatable bonds is 6. The van der Waals surface area contributed by atoms with Crippen LogP contribution < -0.4 is 20.5 Å². The van der Waals surface area contributed by atoms with Crippen molar-refractivity contribution >= 4 is 23.0 Å². The number of fused-ring (bicyclic) bond motifs is 1. The molecule has 0 aliphatic carbocycles. The Morgan fingerprint density at radius 3 is 2.69 bits per heavy atom. The fraction of sp³-hybridized carbons (Fsp3) is 0.105. The highest BCUT2D eigenvalue weighted by molar-refractivity contribution is 5.88. The number of aromatic nitrogens is 1. The van der Waals surface area contributed by atoms with Crippen molar-refractivity contribution in [2.75, 3.05) is 13.7 Å². The van der Waals surface area contributed by atoms with Crippen LogP contribution >= 0.6 is 0 Å². The third-order valence-electron chi connectivity index (χ3n) is 3.60. The van der Waals surface area contributed by atoms with E-state index in [2.05, 4.69) is 15.5 Å². The number of hydrogen-bond acceptors (Lipinski definition) is 5. The quantitative estimate of drug-likeness (QED) is 0.525. The van der Waals surface area contributed by atoms with Crippen LogP contribution in [0.3, 0.4) is 0 Å². The fourth-order valence-electron chi connectivity index (χ4n) is 2.35. The molecule has 26 heavy (non-hydrogen) atoms. The smallest absolute Gasteiger partial charge is 0.277 e. The molecule has 1 aromatic heterocycles. The second kappa shape index (κ2) is 7.98. The van der Waals surface area contributed by atoms with E-state index in [1.165, 1.54) is 13.3 Å². The van der Waals surface area contributed by atoms with Crippen LogP contribution in [0.1, 0.15) is 5.56 Å². The summed E-state index contributed by atoms with van der Waals surface area (Å²) >= 11 is 0. The Morgan fingerprint density at radius 1 is 1.15 bits per heavy atom. The van der Waals surface area contributed by atoms with Gasteiger partial charge in [-0.05, 0) is 29.7 Å². The molecule has 0 aliphatic rings. The van der Waals surface area contributed by atoms with Crippen molar-refractivity contribution in [2.45, 2.75) is 0 Å². The van der Waals surface area contributed by atoms with Gasteiger partial charge in [0.1, 0.15) is 0 Å². The molecule has 1 amide bonds. The normalized spacial score (nSPS) is 10.8. The van der Waals surface area contributed by atoms with E-state index >= 15 is 0 Å². The molecule has 2 aromatic carbocycles. The molecule has 2 N–H and O–H groups in total. The van der Waals surface area contributed by atoms with Gasteiger partial charge in [0.15, 0.2) is 18.1 Å². The lowest BCUT2D eigenvalue weighted by Gasteiger charge is -2.09. The Hall–Kier alpha value is -3.61. The maximum absolute atomic E-state index is 12.0. The van der Waals surface area contributed by atoms with Crippen molar-refractivity contribution < 1.29 is 14.3 Å². The average Bonchev–Trinajstić information content (AvgIpc) is 2.67. The summed E-state index contributed by atoms with van der Waals surface area (Å²) < 4.78 is 10.5. The maximum atomic E-state index is 12.0. The third kappa shape index (κ3) is 4.07. The summed E-state index contributed by atoms with van der Waals surface area (Å²) in [6.07, 6.45) is 1.30. The zero-order chi connectivity index (χ0) is 18.4. The molecule has 0 bridgehead atoms. The van der Waals surface area contributed by atoms with Gasteiger partial charge >= 0.3 is 0 Å². The average molecular weight is 351 g/mol. The number of pyridine rings is 1. The molecule has 0 atom stereocenters. The van der Waals surface area contributed by atoms with Gasteiger partial charge in [-0.3, -0.25) is 9.59 Å². The number of para-hydroxylation sites is 3. The van der Waals surface area contributed by atoms with Crippen molar-refractivity contribution in [1.82, 2.24) is 10.4 Å². The highest BCUT2D eigenvalue weighted by Crippen LogP contribution is 2.25. The predicted molar refractivity (Wildman–Crippen MR) is 98.8 cm³/mol. The number of H-pyrrole nitrogens is 1. The Morgan fingerprint density at radius 2 is 1.88 bits per heavy atom. The number of methoxy groups -OCH3 is 1. The van der Waals surface area contributed by atoms with E-state index in [1.807, 2.05) is 24.3 Å². The zero-order valence-corrected chi connectivity index (χ0v) is 14.1. The fourth-order valence-corrected chi connectivity index (χ4v) is 2.35. The molecule has 3 rings (SSSR count). The number of benzene rings is 2. The summed E-state index contributed by atoms with van der Waals surface area (Å²) in [5.41, 5.74) is 3.12. The van der Waals surface area contributed by atoms with E-state index in [4.69, 9.17) is 9.47 Å². The van der Waals surface area contributed by atoms with Gasteiger partial charge in [0.2, 0.25) is 0 Å². The number of carbonyl (C=O) groups excluding carboxylic acids is 1. The lowest BCUT2D eigenvalue weighted by Crippen LogP contribution is -2.25. The second-order valence-corrected chi connectivity index (χ2v) is 5.37. The van der Waals surface area contributed by atoms with Crippen LogP contribution in [0.25, 0.3) is 10.9 Å². The first kappa shape index (κ1) is 17.2. The largest absolute Gasteiger partial charge is 0.493 e. The first-order valence-electron chi connectivity index (χ1n) is 7.87.